The molecule has 3 fully saturated rings. The minimum Gasteiger partial charge on any atom is -0.241 e. The van der Waals surface area contributed by atoms with Gasteiger partial charge in [0.1, 0.15) is 0 Å². The summed E-state index contributed by atoms with van der Waals surface area (Å²) in [4.78, 5) is 0. The third kappa shape index (κ3) is 1.29. The van der Waals surface area contributed by atoms with Gasteiger partial charge < -0.3 is 0 Å². The molecule has 0 radical (unpaired) electrons. The number of fused-ring (bicyclic) bond motifs is 3. The summed E-state index contributed by atoms with van der Waals surface area (Å²) in [6, 6.07) is 1.51. The molecule has 2 N–H and O–H groups in total. The Kier molecular flexibility index (Phi) is 2.01. The summed E-state index contributed by atoms with van der Waals surface area (Å²) in [5, 5.41) is 4.89. The van der Waals surface area contributed by atoms with Crippen molar-refractivity contribution in [3.63, 3.8) is 0 Å². The zero-order chi connectivity index (χ0) is 8.67. The average Bonchev–Trinajstić information content (AvgIpc) is 2.72. The zero-order valence-electron chi connectivity index (χ0n) is 8.00. The van der Waals surface area contributed by atoms with E-state index in [0.29, 0.717) is 6.04 Å². The standard InChI is InChI=1S/C9H18N4/c1-3-8-5-2-6-12(8)13-9(4-1)7-10-11-13/h8-11H,1-7H2. The Bertz CT molecular complexity index is 176. The Balaban J connectivity index is 1.81. The Hall–Kier alpha value is -0.160. The number of nitrogens with zero attached hydrogens (tertiary/aromatic N) is 2. The highest BCUT2D eigenvalue weighted by atomic mass is 15.9. The van der Waals surface area contributed by atoms with E-state index in [9.17, 15) is 0 Å². The van der Waals surface area contributed by atoms with E-state index in [1.54, 1.807) is 0 Å². The van der Waals surface area contributed by atoms with Crippen LogP contribution in [0.1, 0.15) is 32.1 Å². The van der Waals surface area contributed by atoms with Crippen LogP contribution in [0.25, 0.3) is 0 Å². The molecule has 0 spiro atoms. The highest BCUT2D eigenvalue weighted by Crippen LogP contribution is 2.29. The summed E-state index contributed by atoms with van der Waals surface area (Å²) in [7, 11) is 0. The third-order valence-electron chi connectivity index (χ3n) is 3.57. The SMILES string of the molecule is C1CC2CCCN2N2NNCC2C1. The van der Waals surface area contributed by atoms with Crippen LogP contribution in [0.2, 0.25) is 0 Å². The third-order valence-corrected chi connectivity index (χ3v) is 3.57. The fraction of sp³-hybridized carbons (Fsp3) is 1.00. The molecule has 4 heteroatoms. The van der Waals surface area contributed by atoms with E-state index >= 15 is 0 Å². The first-order chi connectivity index (χ1) is 6.45. The predicted molar refractivity (Wildman–Crippen MR) is 50.3 cm³/mol. The van der Waals surface area contributed by atoms with Gasteiger partial charge in [-0.25, -0.2) is 10.4 Å². The van der Waals surface area contributed by atoms with Crippen LogP contribution in [-0.4, -0.2) is 35.3 Å². The van der Waals surface area contributed by atoms with Gasteiger partial charge in [0.05, 0.1) is 6.04 Å². The molecule has 3 aliphatic heterocycles. The molecule has 0 aromatic rings. The van der Waals surface area contributed by atoms with Crippen molar-refractivity contribution in [2.75, 3.05) is 13.1 Å². The molecule has 0 aromatic carbocycles. The van der Waals surface area contributed by atoms with E-state index in [1.165, 1.54) is 38.6 Å². The van der Waals surface area contributed by atoms with Crippen LogP contribution in [0.4, 0.5) is 0 Å². The molecular formula is C9H18N4. The molecule has 4 nitrogen and oxygen atoms in total. The molecule has 3 heterocycles. The molecule has 0 aromatic heterocycles. The number of hydrogen-bond acceptors (Lipinski definition) is 4. The van der Waals surface area contributed by atoms with Gasteiger partial charge in [0, 0.05) is 19.1 Å². The van der Waals surface area contributed by atoms with Crippen LogP contribution >= 0.6 is 0 Å². The van der Waals surface area contributed by atoms with Crippen molar-refractivity contribution in [1.29, 1.82) is 0 Å². The van der Waals surface area contributed by atoms with E-state index in [2.05, 4.69) is 21.1 Å². The van der Waals surface area contributed by atoms with Crippen molar-refractivity contribution in [3.05, 3.63) is 0 Å². The topological polar surface area (TPSA) is 30.5 Å². The van der Waals surface area contributed by atoms with Gasteiger partial charge >= 0.3 is 0 Å². The first-order valence-electron chi connectivity index (χ1n) is 5.49. The zero-order valence-corrected chi connectivity index (χ0v) is 8.00. The van der Waals surface area contributed by atoms with Crippen molar-refractivity contribution in [2.24, 2.45) is 0 Å². The maximum atomic E-state index is 3.28. The number of rotatable bonds is 0. The summed E-state index contributed by atoms with van der Waals surface area (Å²) in [6.45, 7) is 2.35. The molecule has 74 valence electrons. The van der Waals surface area contributed by atoms with Gasteiger partial charge in [0.2, 0.25) is 0 Å². The molecule has 3 saturated heterocycles. The van der Waals surface area contributed by atoms with Crippen LogP contribution in [0.3, 0.4) is 0 Å². The Morgan fingerprint density at radius 2 is 1.85 bits per heavy atom. The van der Waals surface area contributed by atoms with E-state index in [1.807, 2.05) is 0 Å². The fourth-order valence-electron chi connectivity index (χ4n) is 2.91. The minimum atomic E-state index is 0.697. The predicted octanol–water partition coefficient (Wildman–Crippen LogP) is 0.243. The highest BCUT2D eigenvalue weighted by Gasteiger charge is 2.38. The first-order valence-corrected chi connectivity index (χ1v) is 5.49. The molecule has 0 amide bonds. The van der Waals surface area contributed by atoms with Crippen LogP contribution in [0, 0.1) is 0 Å². The largest absolute Gasteiger partial charge is 0.241 e. The lowest BCUT2D eigenvalue weighted by atomic mass is 10.1. The second kappa shape index (κ2) is 3.20. The molecule has 3 aliphatic rings. The number of hydrazine groups is 3. The lowest BCUT2D eigenvalue weighted by Crippen LogP contribution is -2.52. The van der Waals surface area contributed by atoms with Crippen molar-refractivity contribution in [1.82, 2.24) is 21.1 Å². The summed E-state index contributed by atoms with van der Waals surface area (Å²) in [5.74, 6) is 0. The van der Waals surface area contributed by atoms with Crippen LogP contribution in [0.15, 0.2) is 0 Å². The molecule has 3 rings (SSSR count). The molecule has 0 bridgehead atoms. The summed E-state index contributed by atoms with van der Waals surface area (Å²) in [6.07, 6.45) is 6.90. The molecule has 2 atom stereocenters. The van der Waals surface area contributed by atoms with Gasteiger partial charge in [-0.1, -0.05) is 6.42 Å². The Morgan fingerprint density at radius 3 is 2.85 bits per heavy atom. The van der Waals surface area contributed by atoms with Crippen molar-refractivity contribution in [3.8, 4) is 0 Å². The van der Waals surface area contributed by atoms with Gasteiger partial charge in [-0.3, -0.25) is 0 Å². The van der Waals surface area contributed by atoms with Gasteiger partial charge in [0.15, 0.2) is 0 Å². The van der Waals surface area contributed by atoms with Crippen molar-refractivity contribution >= 4 is 0 Å². The highest BCUT2D eigenvalue weighted by molar-refractivity contribution is 4.85. The number of hydrogen-bond donors (Lipinski definition) is 2. The van der Waals surface area contributed by atoms with Crippen LogP contribution in [0.5, 0.6) is 0 Å². The normalized spacial score (nSPS) is 41.5. The summed E-state index contributed by atoms with van der Waals surface area (Å²) in [5.41, 5.74) is 6.52. The fourth-order valence-corrected chi connectivity index (χ4v) is 2.91. The lowest BCUT2D eigenvalue weighted by Gasteiger charge is -2.33. The molecule has 0 aliphatic carbocycles. The van der Waals surface area contributed by atoms with Gasteiger partial charge in [0.25, 0.3) is 0 Å². The van der Waals surface area contributed by atoms with Crippen LogP contribution in [-0.2, 0) is 0 Å². The molecular weight excluding hydrogens is 164 g/mol. The molecule has 2 unspecified atom stereocenters. The summed E-state index contributed by atoms with van der Waals surface area (Å²) < 4.78 is 0. The lowest BCUT2D eigenvalue weighted by molar-refractivity contribution is -0.0805. The second-order valence-corrected chi connectivity index (χ2v) is 4.38. The maximum absolute atomic E-state index is 3.28. The van der Waals surface area contributed by atoms with Crippen molar-refractivity contribution < 1.29 is 0 Å². The first kappa shape index (κ1) is 8.17. The monoisotopic (exact) mass is 182 g/mol. The maximum Gasteiger partial charge on any atom is 0.0555 e. The van der Waals surface area contributed by atoms with E-state index in [4.69, 9.17) is 0 Å². The summed E-state index contributed by atoms with van der Waals surface area (Å²) >= 11 is 0. The van der Waals surface area contributed by atoms with E-state index < -0.39 is 0 Å². The smallest absolute Gasteiger partial charge is 0.0555 e. The average molecular weight is 182 g/mol. The minimum absolute atomic E-state index is 0.697. The number of nitrogens with one attached hydrogen (secondary N) is 2. The van der Waals surface area contributed by atoms with Crippen LogP contribution < -0.4 is 11.0 Å². The Morgan fingerprint density at radius 1 is 1.00 bits per heavy atom. The second-order valence-electron chi connectivity index (χ2n) is 4.38. The van der Waals surface area contributed by atoms with Gasteiger partial charge in [-0.15, -0.1) is 0 Å². The van der Waals surface area contributed by atoms with E-state index in [0.717, 1.165) is 12.6 Å². The quantitative estimate of drug-likeness (QED) is 0.562. The van der Waals surface area contributed by atoms with Gasteiger partial charge in [-0.2, -0.15) is 10.7 Å². The van der Waals surface area contributed by atoms with Crippen molar-refractivity contribution in [2.45, 2.75) is 44.2 Å². The molecule has 0 saturated carbocycles. The van der Waals surface area contributed by atoms with Gasteiger partial charge in [-0.05, 0) is 25.7 Å². The Labute approximate surface area is 79.2 Å². The van der Waals surface area contributed by atoms with E-state index in [-0.39, 0.29) is 0 Å². The molecule has 13 heavy (non-hydrogen) atoms.